The smallest absolute Gasteiger partial charge is 0.0645 e. The number of thiophene rings is 1. The van der Waals surface area contributed by atoms with Crippen molar-refractivity contribution in [3.05, 3.63) is 182 Å². The molecule has 0 spiro atoms. The molecule has 0 bridgehead atoms. The molecule has 0 aliphatic rings. The van der Waals surface area contributed by atoms with Crippen LogP contribution < -0.4 is 0 Å². The van der Waals surface area contributed by atoms with E-state index in [1.165, 1.54) is 41.0 Å². The van der Waals surface area contributed by atoms with Crippen LogP contribution in [0.15, 0.2) is 182 Å². The first-order chi connectivity index (χ1) is 32.3. The largest absolute Gasteiger partial charge is 0.309 e. The highest BCUT2D eigenvalue weighted by atomic mass is 32.1. The minimum Gasteiger partial charge on any atom is -0.309 e. The molecule has 11 aromatic rings. The molecule has 11 rings (SSSR count). The monoisotopic (exact) mass is 683 g/mol. The number of nitrogens with zero attached hydrogens (tertiary/aromatic N) is 2. The van der Waals surface area contributed by atoms with Gasteiger partial charge in [-0.1, -0.05) is 115 Å². The van der Waals surface area contributed by atoms with Crippen molar-refractivity contribution in [3.63, 3.8) is 0 Å². The van der Waals surface area contributed by atoms with Crippen LogP contribution in [0.25, 0.3) is 97.4 Å². The molecule has 0 unspecified atom stereocenters. The maximum atomic E-state index is 9.78. The number of aromatic nitrogens is 2. The number of benzene rings is 8. The van der Waals surface area contributed by atoms with E-state index in [0.29, 0.717) is 21.2 Å². The van der Waals surface area contributed by atoms with Crippen LogP contribution in [-0.2, 0) is 0 Å². The highest BCUT2D eigenvalue weighted by Gasteiger charge is 2.19. The van der Waals surface area contributed by atoms with Crippen LogP contribution in [0.1, 0.15) is 23.3 Å². The van der Waals surface area contributed by atoms with Crippen LogP contribution in [0.5, 0.6) is 0 Å². The van der Waals surface area contributed by atoms with E-state index in [-0.39, 0.29) is 155 Å². The molecule has 0 fully saturated rings. The molecular weight excluding hydrogens is 637 g/mol. The average Bonchev–Trinajstić information content (AvgIpc) is 3.98. The summed E-state index contributed by atoms with van der Waals surface area (Å²) in [5.74, 6) is 0. The van der Waals surface area contributed by atoms with E-state index in [4.69, 9.17) is 16.4 Å². The summed E-state index contributed by atoms with van der Waals surface area (Å²) in [5, 5.41) is 1.51. The molecule has 0 amide bonds. The molecular formula is C48H30N2S. The van der Waals surface area contributed by atoms with E-state index in [9.17, 15) is 6.85 Å². The molecule has 3 aromatic heterocycles. The summed E-state index contributed by atoms with van der Waals surface area (Å²) in [6.45, 7) is 0. The average molecular weight is 684 g/mol. The zero-order chi connectivity index (χ0) is 48.3. The van der Waals surface area contributed by atoms with Gasteiger partial charge in [0.05, 0.1) is 45.4 Å². The highest BCUT2D eigenvalue weighted by Crippen LogP contribution is 2.43. The fourth-order valence-corrected chi connectivity index (χ4v) is 8.17. The molecule has 2 nitrogen and oxygen atoms in total. The van der Waals surface area contributed by atoms with E-state index < -0.39 is 24.2 Å². The number of hydrogen-bond donors (Lipinski definition) is 0. The lowest BCUT2D eigenvalue weighted by molar-refractivity contribution is 1.18. The number of para-hydroxylation sites is 3. The van der Waals surface area contributed by atoms with Crippen LogP contribution in [0.3, 0.4) is 0 Å². The Bertz CT molecular complexity index is 4120. The van der Waals surface area contributed by atoms with Crippen LogP contribution in [0, 0.1) is 0 Å². The van der Waals surface area contributed by atoms with Crippen molar-refractivity contribution in [2.75, 3.05) is 0 Å². The van der Waals surface area contributed by atoms with Gasteiger partial charge in [0.25, 0.3) is 0 Å². The predicted octanol–water partition coefficient (Wildman–Crippen LogP) is 13.6. The van der Waals surface area contributed by atoms with Crippen molar-refractivity contribution in [3.8, 4) is 33.6 Å². The van der Waals surface area contributed by atoms with Crippen molar-refractivity contribution < 1.29 is 23.3 Å². The summed E-state index contributed by atoms with van der Waals surface area (Å²) in [4.78, 5) is 0. The number of hydrogen-bond acceptors (Lipinski definition) is 1. The second kappa shape index (κ2) is 11.0. The second-order valence-electron chi connectivity index (χ2n) is 12.0. The lowest BCUT2D eigenvalue weighted by atomic mass is 9.98. The normalized spacial score (nSPS) is 16.6. The third-order valence-corrected chi connectivity index (χ3v) is 10.4. The Morgan fingerprint density at radius 3 is 2.20 bits per heavy atom. The molecule has 0 aliphatic heterocycles. The maximum absolute atomic E-state index is 9.78. The first-order valence-corrected chi connectivity index (χ1v) is 16.9. The Kier molecular flexibility index (Phi) is 3.58. The Hall–Kier alpha value is -6.42. The molecule has 3 heteroatoms. The van der Waals surface area contributed by atoms with Crippen LogP contribution >= 0.6 is 11.3 Å². The van der Waals surface area contributed by atoms with Gasteiger partial charge in [0, 0.05) is 53.1 Å². The Morgan fingerprint density at radius 1 is 0.392 bits per heavy atom. The molecule has 8 aromatic carbocycles. The lowest BCUT2D eigenvalue weighted by Gasteiger charge is -2.11. The third-order valence-electron chi connectivity index (χ3n) is 9.31. The molecule has 238 valence electrons. The lowest BCUT2D eigenvalue weighted by Crippen LogP contribution is -1.93. The molecule has 51 heavy (non-hydrogen) atoms. The topological polar surface area (TPSA) is 9.86 Å². The van der Waals surface area contributed by atoms with Crippen LogP contribution in [0.2, 0.25) is 0 Å². The second-order valence-corrected chi connectivity index (χ2v) is 13.0. The summed E-state index contributed by atoms with van der Waals surface area (Å²) < 4.78 is 156. The SMILES string of the molecule is [2H]c1ccc(-c2c([2H])c([2H])c([2H])c3sc4c([2H])cc(-n5c6cc([2H])c([2H])c([2H])c6c6cc(-c7cc([2H])c([2H])c8c7c7cc([2H])c([2H])c([2H])c7n8-c7ccccc7)c([2H])c([2H])c65)cc4c23)c([2H])c1[2H]. The predicted molar refractivity (Wildman–Crippen MR) is 219 cm³/mol. The van der Waals surface area contributed by atoms with Gasteiger partial charge in [-0.2, -0.15) is 0 Å². The van der Waals surface area contributed by atoms with E-state index >= 15 is 0 Å². The molecule has 0 atom stereocenters. The van der Waals surface area contributed by atoms with E-state index in [1.54, 1.807) is 47.0 Å². The summed E-state index contributed by atoms with van der Waals surface area (Å²) in [6, 6.07) is 15.0. The van der Waals surface area contributed by atoms with Crippen LogP contribution in [0.4, 0.5) is 0 Å². The number of rotatable bonds is 4. The van der Waals surface area contributed by atoms with Gasteiger partial charge in [0.1, 0.15) is 0 Å². The van der Waals surface area contributed by atoms with Gasteiger partial charge >= 0.3 is 0 Å². The first-order valence-electron chi connectivity index (χ1n) is 24.5. The van der Waals surface area contributed by atoms with E-state index in [2.05, 4.69) is 0 Å². The molecule has 0 saturated heterocycles. The van der Waals surface area contributed by atoms with E-state index in [0.717, 1.165) is 11.3 Å². The Balaban J connectivity index is 1.27. The fraction of sp³-hybridized carbons (Fsp3) is 0. The summed E-state index contributed by atoms with van der Waals surface area (Å²) in [7, 11) is 0. The molecule has 0 aliphatic carbocycles. The van der Waals surface area contributed by atoms with Gasteiger partial charge in [-0.15, -0.1) is 11.3 Å². The summed E-state index contributed by atoms with van der Waals surface area (Å²) in [5.41, 5.74) is 1.77. The van der Waals surface area contributed by atoms with Gasteiger partial charge in [-0.05, 0) is 88.9 Å². The molecule has 0 saturated carbocycles. The maximum Gasteiger partial charge on any atom is 0.0645 e. The van der Waals surface area contributed by atoms with Gasteiger partial charge in [0.2, 0.25) is 0 Å². The Labute approximate surface area is 322 Å². The third kappa shape index (κ3) is 4.22. The van der Waals surface area contributed by atoms with Crippen LogP contribution in [-0.4, -0.2) is 9.13 Å². The molecule has 0 N–H and O–H groups in total. The van der Waals surface area contributed by atoms with E-state index in [1.807, 2.05) is 0 Å². The van der Waals surface area contributed by atoms with Gasteiger partial charge in [-0.3, -0.25) is 0 Å². The summed E-state index contributed by atoms with van der Waals surface area (Å²) in [6.07, 6.45) is 0. The minimum absolute atomic E-state index is 0.0611. The van der Waals surface area contributed by atoms with Crippen molar-refractivity contribution >= 4 is 75.1 Å². The molecule has 0 radical (unpaired) electrons. The first kappa shape index (κ1) is 16.5. The minimum atomic E-state index is -0.429. The standard InChI is InChI=1S/C48H30N2S/c1-3-13-31(14-4-1)35-20-12-24-46-48(35)40-30-34(26-28-45(40)51-46)50-41-21-9-7-17-37(41)39-29-32(25-27-43(39)50)36-19-11-23-44-47(36)38-18-8-10-22-42(38)49(44)33-15-5-2-6-16-33/h1-30H/i1D,3D,7D,8D,9D,10D,11D,12D,13D,17D,20D,22D,23D,24D,25D,27D,28D. The highest BCUT2D eigenvalue weighted by molar-refractivity contribution is 7.26. The van der Waals surface area contributed by atoms with Gasteiger partial charge in [-0.25, -0.2) is 0 Å². The van der Waals surface area contributed by atoms with Gasteiger partial charge in [0.15, 0.2) is 0 Å². The zero-order valence-electron chi connectivity index (χ0n) is 43.3. The fourth-order valence-electron chi connectivity index (χ4n) is 7.16. The number of fused-ring (bicyclic) bond motifs is 9. The van der Waals surface area contributed by atoms with Crippen molar-refractivity contribution in [1.82, 2.24) is 9.13 Å². The van der Waals surface area contributed by atoms with Gasteiger partial charge < -0.3 is 9.13 Å². The van der Waals surface area contributed by atoms with Crippen molar-refractivity contribution in [1.29, 1.82) is 0 Å². The Morgan fingerprint density at radius 2 is 1.24 bits per heavy atom. The quantitative estimate of drug-likeness (QED) is 0.175. The van der Waals surface area contributed by atoms with Crippen molar-refractivity contribution in [2.24, 2.45) is 0 Å². The zero-order valence-corrected chi connectivity index (χ0v) is 27.1. The molecule has 3 heterocycles. The van der Waals surface area contributed by atoms with Crippen molar-refractivity contribution in [2.45, 2.75) is 0 Å². The summed E-state index contributed by atoms with van der Waals surface area (Å²) >= 11 is 1.04.